The number of oxazole rings is 1. The van der Waals surface area contributed by atoms with Crippen LogP contribution in [0.3, 0.4) is 0 Å². The molecule has 1 saturated heterocycles. The number of carbonyl (C=O) groups is 1. The third-order valence-electron chi connectivity index (χ3n) is 5.66. The molecule has 1 aliphatic heterocycles. The van der Waals surface area contributed by atoms with Crippen LogP contribution >= 0.6 is 0 Å². The fourth-order valence-electron chi connectivity index (χ4n) is 4.12. The van der Waals surface area contributed by atoms with Gasteiger partial charge < -0.3 is 9.32 Å². The standard InChI is InChI=1S/C24H18FN3O4/c25-18-6-1-4-15(12-18)16-9-10-22-20(14-16)26-23(32-22)21-8-3-11-27(21)24(29)17-5-2-7-19(13-17)28(30)31/h1-2,4-7,9-10,12-14,21H,3,8,11H2. The molecule has 2 heterocycles. The van der Waals surface area contributed by atoms with Crippen molar-refractivity contribution in [2.45, 2.75) is 18.9 Å². The summed E-state index contributed by atoms with van der Waals surface area (Å²) < 4.78 is 19.6. The van der Waals surface area contributed by atoms with Crippen molar-refractivity contribution in [3.05, 3.63) is 94.1 Å². The van der Waals surface area contributed by atoms with Crippen molar-refractivity contribution in [2.75, 3.05) is 6.54 Å². The largest absolute Gasteiger partial charge is 0.438 e. The van der Waals surface area contributed by atoms with Gasteiger partial charge >= 0.3 is 0 Å². The van der Waals surface area contributed by atoms with E-state index in [2.05, 4.69) is 4.98 Å². The van der Waals surface area contributed by atoms with E-state index in [9.17, 15) is 19.3 Å². The molecule has 0 spiro atoms. The van der Waals surface area contributed by atoms with E-state index in [1.165, 1.54) is 30.3 Å². The number of hydrogen-bond donors (Lipinski definition) is 0. The first-order chi connectivity index (χ1) is 15.5. The predicted molar refractivity (Wildman–Crippen MR) is 116 cm³/mol. The molecule has 0 saturated carbocycles. The van der Waals surface area contributed by atoms with Gasteiger partial charge in [0.2, 0.25) is 5.89 Å². The number of benzene rings is 3. The van der Waals surface area contributed by atoms with E-state index in [0.29, 0.717) is 30.0 Å². The molecule has 0 N–H and O–H groups in total. The molecule has 1 aliphatic rings. The Balaban J connectivity index is 1.45. The minimum atomic E-state index is -0.519. The van der Waals surface area contributed by atoms with Crippen molar-refractivity contribution in [1.82, 2.24) is 9.88 Å². The lowest BCUT2D eigenvalue weighted by Crippen LogP contribution is -2.30. The van der Waals surface area contributed by atoms with E-state index in [-0.39, 0.29) is 29.0 Å². The van der Waals surface area contributed by atoms with E-state index in [1.54, 1.807) is 23.1 Å². The number of likely N-dealkylation sites (tertiary alicyclic amines) is 1. The topological polar surface area (TPSA) is 89.5 Å². The lowest BCUT2D eigenvalue weighted by Gasteiger charge is -2.22. The zero-order valence-corrected chi connectivity index (χ0v) is 16.9. The van der Waals surface area contributed by atoms with Crippen LogP contribution in [0.4, 0.5) is 10.1 Å². The Kier molecular flexibility index (Phi) is 4.89. The quantitative estimate of drug-likeness (QED) is 0.314. The number of nitro benzene ring substituents is 1. The van der Waals surface area contributed by atoms with Gasteiger partial charge in [-0.25, -0.2) is 9.37 Å². The van der Waals surface area contributed by atoms with E-state index in [4.69, 9.17) is 4.42 Å². The molecule has 1 unspecified atom stereocenters. The Labute approximate surface area is 182 Å². The van der Waals surface area contributed by atoms with Gasteiger partial charge in [-0.2, -0.15) is 0 Å². The number of non-ortho nitro benzene ring substituents is 1. The zero-order chi connectivity index (χ0) is 22.2. The highest BCUT2D eigenvalue weighted by molar-refractivity contribution is 5.95. The van der Waals surface area contributed by atoms with Crippen LogP contribution in [0.1, 0.15) is 35.1 Å². The van der Waals surface area contributed by atoms with Crippen molar-refractivity contribution in [2.24, 2.45) is 0 Å². The van der Waals surface area contributed by atoms with E-state index in [0.717, 1.165) is 17.5 Å². The maximum Gasteiger partial charge on any atom is 0.270 e. The summed E-state index contributed by atoms with van der Waals surface area (Å²) in [5.41, 5.74) is 2.88. The highest BCUT2D eigenvalue weighted by Gasteiger charge is 2.34. The van der Waals surface area contributed by atoms with Gasteiger partial charge in [0.1, 0.15) is 17.4 Å². The number of halogens is 1. The molecule has 4 aromatic rings. The Morgan fingerprint density at radius 2 is 1.91 bits per heavy atom. The average Bonchev–Trinajstić information content (AvgIpc) is 3.45. The van der Waals surface area contributed by atoms with Gasteiger partial charge in [0.15, 0.2) is 5.58 Å². The summed E-state index contributed by atoms with van der Waals surface area (Å²) in [4.78, 5) is 29.9. The first-order valence-electron chi connectivity index (χ1n) is 10.2. The molecule has 0 aliphatic carbocycles. The van der Waals surface area contributed by atoms with Crippen LogP contribution in [-0.4, -0.2) is 27.3 Å². The van der Waals surface area contributed by atoms with Crippen molar-refractivity contribution in [3.8, 4) is 11.1 Å². The molecule has 1 fully saturated rings. The van der Waals surface area contributed by atoms with Gasteiger partial charge in [0.05, 0.1) is 4.92 Å². The number of amides is 1. The summed E-state index contributed by atoms with van der Waals surface area (Å²) in [7, 11) is 0. The molecule has 7 nitrogen and oxygen atoms in total. The minimum Gasteiger partial charge on any atom is -0.438 e. The molecule has 0 bridgehead atoms. The third kappa shape index (κ3) is 3.60. The molecule has 1 atom stereocenters. The summed E-state index contributed by atoms with van der Waals surface area (Å²) >= 11 is 0. The molecule has 1 aromatic heterocycles. The lowest BCUT2D eigenvalue weighted by molar-refractivity contribution is -0.384. The summed E-state index contributed by atoms with van der Waals surface area (Å²) in [6.07, 6.45) is 1.46. The first-order valence-corrected chi connectivity index (χ1v) is 10.2. The highest BCUT2D eigenvalue weighted by Crippen LogP contribution is 2.35. The second-order valence-electron chi connectivity index (χ2n) is 7.71. The average molecular weight is 431 g/mol. The summed E-state index contributed by atoms with van der Waals surface area (Å²) in [6, 6.07) is 17.1. The SMILES string of the molecule is O=C(c1cccc([N+](=O)[O-])c1)N1CCCC1c1nc2cc(-c3cccc(F)c3)ccc2o1. The number of nitrogens with zero attached hydrogens (tertiary/aromatic N) is 3. The van der Waals surface area contributed by atoms with Crippen molar-refractivity contribution in [1.29, 1.82) is 0 Å². The van der Waals surface area contributed by atoms with E-state index >= 15 is 0 Å². The van der Waals surface area contributed by atoms with Gasteiger partial charge in [-0.05, 0) is 54.3 Å². The van der Waals surface area contributed by atoms with Crippen LogP contribution in [0.15, 0.2) is 71.1 Å². The van der Waals surface area contributed by atoms with Crippen molar-refractivity contribution < 1.29 is 18.5 Å². The molecule has 1 amide bonds. The van der Waals surface area contributed by atoms with Crippen molar-refractivity contribution >= 4 is 22.7 Å². The van der Waals surface area contributed by atoms with Crippen LogP contribution in [0.5, 0.6) is 0 Å². The maximum atomic E-state index is 13.6. The molecule has 160 valence electrons. The Morgan fingerprint density at radius 3 is 2.72 bits per heavy atom. The zero-order valence-electron chi connectivity index (χ0n) is 16.9. The van der Waals surface area contributed by atoms with Gasteiger partial charge in [0.25, 0.3) is 11.6 Å². The Bertz CT molecular complexity index is 1350. The highest BCUT2D eigenvalue weighted by atomic mass is 19.1. The molecular weight excluding hydrogens is 413 g/mol. The van der Waals surface area contributed by atoms with Crippen LogP contribution in [0, 0.1) is 15.9 Å². The second kappa shape index (κ2) is 7.88. The third-order valence-corrected chi connectivity index (χ3v) is 5.66. The molecule has 0 radical (unpaired) electrons. The van der Waals surface area contributed by atoms with Crippen molar-refractivity contribution in [3.63, 3.8) is 0 Å². The maximum absolute atomic E-state index is 13.6. The normalized spacial score (nSPS) is 15.9. The second-order valence-corrected chi connectivity index (χ2v) is 7.71. The molecule has 3 aromatic carbocycles. The fraction of sp³-hybridized carbons (Fsp3) is 0.167. The Morgan fingerprint density at radius 1 is 1.09 bits per heavy atom. The lowest BCUT2D eigenvalue weighted by atomic mass is 10.1. The van der Waals surface area contributed by atoms with Crippen LogP contribution in [-0.2, 0) is 0 Å². The molecule has 5 rings (SSSR count). The molecular formula is C24H18FN3O4. The fourth-order valence-corrected chi connectivity index (χ4v) is 4.12. The number of fused-ring (bicyclic) bond motifs is 1. The van der Waals surface area contributed by atoms with E-state index < -0.39 is 4.92 Å². The number of aromatic nitrogens is 1. The number of carbonyl (C=O) groups excluding carboxylic acids is 1. The first kappa shape index (κ1) is 19.9. The van der Waals surface area contributed by atoms with Gasteiger partial charge in [-0.15, -0.1) is 0 Å². The van der Waals surface area contributed by atoms with Crippen LogP contribution < -0.4 is 0 Å². The smallest absolute Gasteiger partial charge is 0.270 e. The Hall–Kier alpha value is -4.07. The minimum absolute atomic E-state index is 0.127. The van der Waals surface area contributed by atoms with Crippen LogP contribution in [0.2, 0.25) is 0 Å². The van der Waals surface area contributed by atoms with Gasteiger partial charge in [-0.1, -0.05) is 24.3 Å². The summed E-state index contributed by atoms with van der Waals surface area (Å²) in [5.74, 6) is -0.184. The summed E-state index contributed by atoms with van der Waals surface area (Å²) in [5, 5.41) is 11.1. The number of hydrogen-bond acceptors (Lipinski definition) is 5. The number of rotatable bonds is 4. The number of nitro groups is 1. The molecule has 8 heteroatoms. The van der Waals surface area contributed by atoms with Gasteiger partial charge in [0, 0.05) is 24.2 Å². The van der Waals surface area contributed by atoms with Crippen LogP contribution in [0.25, 0.3) is 22.2 Å². The summed E-state index contributed by atoms with van der Waals surface area (Å²) in [6.45, 7) is 0.513. The predicted octanol–water partition coefficient (Wildman–Crippen LogP) is 5.52. The van der Waals surface area contributed by atoms with E-state index in [1.807, 2.05) is 18.2 Å². The monoisotopic (exact) mass is 431 g/mol. The van der Waals surface area contributed by atoms with Gasteiger partial charge in [-0.3, -0.25) is 14.9 Å². The molecule has 32 heavy (non-hydrogen) atoms.